The number of ether oxygens (including phenoxy) is 3. The van der Waals surface area contributed by atoms with E-state index >= 15 is 0 Å². The largest absolute Gasteiger partial charge is 0.392 e. The number of β-amino-alcohol motifs (C(OH)–C–C–N with tert-alkyl or cyclic N) is 2. The minimum atomic E-state index is -0.328. The fourth-order valence-electron chi connectivity index (χ4n) is 3.18. The number of methoxy groups -OCH3 is 1. The molecular formula is C19H41N3O5. The third-order valence-electron chi connectivity index (χ3n) is 4.60. The van der Waals surface area contributed by atoms with E-state index in [4.69, 9.17) is 14.2 Å². The highest BCUT2D eigenvalue weighted by atomic mass is 16.5. The Kier molecular flexibility index (Phi) is 14.3. The van der Waals surface area contributed by atoms with E-state index < -0.39 is 0 Å². The molecule has 0 spiro atoms. The fourth-order valence-corrected chi connectivity index (χ4v) is 3.18. The van der Waals surface area contributed by atoms with Crippen molar-refractivity contribution in [1.82, 2.24) is 14.7 Å². The third-order valence-corrected chi connectivity index (χ3v) is 4.60. The summed E-state index contributed by atoms with van der Waals surface area (Å²) in [6.45, 7) is 14.6. The molecule has 1 heterocycles. The van der Waals surface area contributed by atoms with E-state index in [1.165, 1.54) is 0 Å². The quantitative estimate of drug-likeness (QED) is 0.401. The lowest BCUT2D eigenvalue weighted by Crippen LogP contribution is -2.41. The Hall–Kier alpha value is -0.320. The van der Waals surface area contributed by atoms with Gasteiger partial charge in [0, 0.05) is 66.0 Å². The van der Waals surface area contributed by atoms with Crippen molar-refractivity contribution in [2.45, 2.75) is 26.1 Å². The van der Waals surface area contributed by atoms with E-state index in [-0.39, 0.29) is 12.2 Å². The summed E-state index contributed by atoms with van der Waals surface area (Å²) >= 11 is 0. The first-order valence-corrected chi connectivity index (χ1v) is 10.2. The molecule has 1 aliphatic rings. The van der Waals surface area contributed by atoms with E-state index in [1.807, 2.05) is 13.8 Å². The van der Waals surface area contributed by atoms with Gasteiger partial charge in [-0.15, -0.1) is 0 Å². The van der Waals surface area contributed by atoms with Gasteiger partial charge < -0.3 is 24.4 Å². The van der Waals surface area contributed by atoms with Gasteiger partial charge in [-0.25, -0.2) is 0 Å². The van der Waals surface area contributed by atoms with Gasteiger partial charge in [0.05, 0.1) is 45.2 Å². The number of aliphatic hydroxyl groups excluding tert-OH is 2. The molecule has 2 unspecified atom stereocenters. The molecule has 0 radical (unpaired) electrons. The second kappa shape index (κ2) is 15.6. The molecule has 0 aliphatic carbocycles. The number of hydrogen-bond donors (Lipinski definition) is 2. The van der Waals surface area contributed by atoms with Gasteiger partial charge in [0.1, 0.15) is 0 Å². The molecule has 8 nitrogen and oxygen atoms in total. The lowest BCUT2D eigenvalue weighted by molar-refractivity contribution is 0.0186. The molecule has 1 fully saturated rings. The van der Waals surface area contributed by atoms with Crippen LogP contribution >= 0.6 is 0 Å². The van der Waals surface area contributed by atoms with Gasteiger partial charge in [-0.2, -0.15) is 0 Å². The number of rotatable bonds is 13. The predicted molar refractivity (Wildman–Crippen MR) is 106 cm³/mol. The maximum Gasteiger partial charge on any atom is 0.0701 e. The minimum absolute atomic E-state index is 0.328. The van der Waals surface area contributed by atoms with E-state index in [0.717, 1.165) is 45.8 Å². The van der Waals surface area contributed by atoms with Crippen LogP contribution in [0.5, 0.6) is 0 Å². The van der Waals surface area contributed by atoms with Crippen LogP contribution in [0.15, 0.2) is 0 Å². The maximum atomic E-state index is 9.74. The predicted octanol–water partition coefficient (Wildman–Crippen LogP) is -0.653. The second-order valence-corrected chi connectivity index (χ2v) is 7.36. The average Bonchev–Trinajstić information content (AvgIpc) is 2.69. The molecule has 0 saturated carbocycles. The Labute approximate surface area is 165 Å². The molecular weight excluding hydrogens is 350 g/mol. The van der Waals surface area contributed by atoms with Crippen LogP contribution in [0, 0.1) is 0 Å². The highest BCUT2D eigenvalue weighted by Gasteiger charge is 2.18. The van der Waals surface area contributed by atoms with Gasteiger partial charge in [0.2, 0.25) is 0 Å². The first kappa shape index (κ1) is 24.7. The zero-order valence-electron chi connectivity index (χ0n) is 17.5. The van der Waals surface area contributed by atoms with Crippen molar-refractivity contribution in [2.75, 3.05) is 99.0 Å². The van der Waals surface area contributed by atoms with Gasteiger partial charge in [0.15, 0.2) is 0 Å². The molecule has 0 aromatic rings. The maximum absolute atomic E-state index is 9.74. The molecule has 1 aliphatic heterocycles. The molecule has 1 saturated heterocycles. The average molecular weight is 392 g/mol. The van der Waals surface area contributed by atoms with Crippen LogP contribution in [0.4, 0.5) is 0 Å². The topological polar surface area (TPSA) is 77.9 Å². The zero-order chi connectivity index (χ0) is 19.9. The number of nitrogens with zero attached hydrogens (tertiary/aromatic N) is 3. The van der Waals surface area contributed by atoms with Crippen LogP contribution in [0.1, 0.15) is 13.8 Å². The molecule has 27 heavy (non-hydrogen) atoms. The Morgan fingerprint density at radius 3 is 1.52 bits per heavy atom. The second-order valence-electron chi connectivity index (χ2n) is 7.36. The van der Waals surface area contributed by atoms with E-state index in [1.54, 1.807) is 7.11 Å². The van der Waals surface area contributed by atoms with Crippen LogP contribution in [0.2, 0.25) is 0 Å². The van der Waals surface area contributed by atoms with Crippen molar-refractivity contribution < 1.29 is 24.4 Å². The van der Waals surface area contributed by atoms with Gasteiger partial charge in [-0.3, -0.25) is 14.7 Å². The van der Waals surface area contributed by atoms with Crippen LogP contribution in [-0.2, 0) is 14.2 Å². The van der Waals surface area contributed by atoms with Gasteiger partial charge in [-0.05, 0) is 13.8 Å². The molecule has 0 bridgehead atoms. The summed E-state index contributed by atoms with van der Waals surface area (Å²) in [7, 11) is 1.66. The normalized spacial score (nSPS) is 20.8. The highest BCUT2D eigenvalue weighted by Crippen LogP contribution is 2.03. The molecule has 1 rings (SSSR count). The first-order valence-electron chi connectivity index (χ1n) is 10.2. The van der Waals surface area contributed by atoms with Crippen LogP contribution in [-0.4, -0.2) is 136 Å². The number of hydrogen-bond acceptors (Lipinski definition) is 8. The van der Waals surface area contributed by atoms with Crippen molar-refractivity contribution in [3.8, 4) is 0 Å². The summed E-state index contributed by atoms with van der Waals surface area (Å²) in [5, 5.41) is 19.5. The monoisotopic (exact) mass is 391 g/mol. The van der Waals surface area contributed by atoms with Gasteiger partial charge in [-0.1, -0.05) is 0 Å². The van der Waals surface area contributed by atoms with Crippen molar-refractivity contribution in [1.29, 1.82) is 0 Å². The Morgan fingerprint density at radius 2 is 1.07 bits per heavy atom. The molecule has 0 aromatic heterocycles. The fraction of sp³-hybridized carbons (Fsp3) is 1.00. The van der Waals surface area contributed by atoms with E-state index in [9.17, 15) is 10.2 Å². The zero-order valence-corrected chi connectivity index (χ0v) is 17.5. The summed E-state index contributed by atoms with van der Waals surface area (Å²) in [6, 6.07) is 0. The van der Waals surface area contributed by atoms with E-state index in [0.29, 0.717) is 46.1 Å². The van der Waals surface area contributed by atoms with Crippen molar-refractivity contribution >= 4 is 0 Å². The van der Waals surface area contributed by atoms with Gasteiger partial charge >= 0.3 is 0 Å². The summed E-state index contributed by atoms with van der Waals surface area (Å²) < 4.78 is 16.0. The smallest absolute Gasteiger partial charge is 0.0701 e. The van der Waals surface area contributed by atoms with Crippen LogP contribution < -0.4 is 0 Å². The summed E-state index contributed by atoms with van der Waals surface area (Å²) in [6.07, 6.45) is -0.656. The van der Waals surface area contributed by atoms with Crippen molar-refractivity contribution in [3.63, 3.8) is 0 Å². The molecule has 2 atom stereocenters. The van der Waals surface area contributed by atoms with Gasteiger partial charge in [0.25, 0.3) is 0 Å². The SMILES string of the molecule is COCCOCCOCCN1CCN(CC(C)O)CCN(CC(C)O)CC1. The van der Waals surface area contributed by atoms with Crippen molar-refractivity contribution in [3.05, 3.63) is 0 Å². The molecule has 0 aromatic carbocycles. The van der Waals surface area contributed by atoms with E-state index in [2.05, 4.69) is 14.7 Å². The van der Waals surface area contributed by atoms with Crippen LogP contribution in [0.25, 0.3) is 0 Å². The Balaban J connectivity index is 2.36. The Bertz CT molecular complexity index is 325. The lowest BCUT2D eigenvalue weighted by atomic mass is 10.3. The first-order chi connectivity index (χ1) is 13.0. The summed E-state index contributed by atoms with van der Waals surface area (Å²) in [4.78, 5) is 7.02. The highest BCUT2D eigenvalue weighted by molar-refractivity contribution is 4.73. The third kappa shape index (κ3) is 13.5. The standard InChI is InChI=1S/C19H41N3O5/c1-18(23)16-21-6-4-20(5-7-22(9-8-21)17-19(2)24)10-11-26-14-15-27-13-12-25-3/h18-19,23-24H,4-17H2,1-3H3. The number of aliphatic hydroxyl groups is 2. The Morgan fingerprint density at radius 1 is 0.667 bits per heavy atom. The lowest BCUT2D eigenvalue weighted by Gasteiger charge is -2.27. The molecule has 162 valence electrons. The molecule has 0 amide bonds. The molecule has 8 heteroatoms. The van der Waals surface area contributed by atoms with Crippen molar-refractivity contribution in [2.24, 2.45) is 0 Å². The summed E-state index contributed by atoms with van der Waals surface area (Å²) in [5.41, 5.74) is 0. The molecule has 2 N–H and O–H groups in total. The minimum Gasteiger partial charge on any atom is -0.392 e. The van der Waals surface area contributed by atoms with Crippen LogP contribution in [0.3, 0.4) is 0 Å². The summed E-state index contributed by atoms with van der Waals surface area (Å²) in [5.74, 6) is 0.